The van der Waals surface area contributed by atoms with E-state index in [0.29, 0.717) is 6.04 Å². The van der Waals surface area contributed by atoms with E-state index in [0.717, 1.165) is 12.0 Å². The van der Waals surface area contributed by atoms with Crippen LogP contribution < -0.4 is 5.32 Å². The van der Waals surface area contributed by atoms with Crippen LogP contribution in [0.5, 0.6) is 0 Å². The van der Waals surface area contributed by atoms with Crippen molar-refractivity contribution in [3.63, 3.8) is 0 Å². The van der Waals surface area contributed by atoms with Gasteiger partial charge >= 0.3 is 0 Å². The van der Waals surface area contributed by atoms with Crippen LogP contribution in [0.1, 0.15) is 31.9 Å². The van der Waals surface area contributed by atoms with Gasteiger partial charge in [0.1, 0.15) is 0 Å². The maximum Gasteiger partial charge on any atom is 0.0627 e. The summed E-state index contributed by atoms with van der Waals surface area (Å²) in [6.07, 6.45) is 4.58. The number of nitrogens with zero attached hydrogens (tertiary/aromatic N) is 1. The standard InChI is InChI=1S/C11H18N2O/c1-3-9(2)13-11(8-14)10-5-4-6-12-7-10/h4-7,9,11,13-14H,3,8H2,1-2H3. The molecule has 1 aromatic rings. The molecule has 0 saturated heterocycles. The van der Waals surface area contributed by atoms with E-state index in [9.17, 15) is 5.11 Å². The molecule has 0 bridgehead atoms. The van der Waals surface area contributed by atoms with Gasteiger partial charge in [0.2, 0.25) is 0 Å². The van der Waals surface area contributed by atoms with Crippen molar-refractivity contribution in [1.29, 1.82) is 0 Å². The van der Waals surface area contributed by atoms with Crippen molar-refractivity contribution in [1.82, 2.24) is 10.3 Å². The molecule has 0 saturated carbocycles. The SMILES string of the molecule is CCC(C)NC(CO)c1cccnc1. The Morgan fingerprint density at radius 1 is 1.57 bits per heavy atom. The molecule has 0 spiro atoms. The van der Waals surface area contributed by atoms with E-state index in [2.05, 4.69) is 24.1 Å². The summed E-state index contributed by atoms with van der Waals surface area (Å²) in [5, 5.41) is 12.6. The van der Waals surface area contributed by atoms with Crippen LogP contribution in [-0.2, 0) is 0 Å². The van der Waals surface area contributed by atoms with Crippen LogP contribution in [0.25, 0.3) is 0 Å². The summed E-state index contributed by atoms with van der Waals surface area (Å²) in [6.45, 7) is 4.34. The van der Waals surface area contributed by atoms with Gasteiger partial charge in [0.05, 0.1) is 12.6 Å². The highest BCUT2D eigenvalue weighted by Gasteiger charge is 2.11. The van der Waals surface area contributed by atoms with Gasteiger partial charge in [-0.3, -0.25) is 4.98 Å². The number of nitrogens with one attached hydrogen (secondary N) is 1. The summed E-state index contributed by atoms with van der Waals surface area (Å²) in [4.78, 5) is 4.04. The van der Waals surface area contributed by atoms with Gasteiger partial charge in [-0.15, -0.1) is 0 Å². The molecule has 0 aliphatic carbocycles. The first-order valence-electron chi connectivity index (χ1n) is 5.04. The Kier molecular flexibility index (Phi) is 4.56. The zero-order valence-corrected chi connectivity index (χ0v) is 8.77. The van der Waals surface area contributed by atoms with Gasteiger partial charge in [-0.05, 0) is 25.0 Å². The van der Waals surface area contributed by atoms with Crippen LogP contribution in [0, 0.1) is 0 Å². The lowest BCUT2D eigenvalue weighted by Crippen LogP contribution is -2.32. The summed E-state index contributed by atoms with van der Waals surface area (Å²) in [5.74, 6) is 0. The van der Waals surface area contributed by atoms with E-state index in [1.807, 2.05) is 12.1 Å². The average molecular weight is 194 g/mol. The van der Waals surface area contributed by atoms with Gasteiger partial charge in [0.25, 0.3) is 0 Å². The maximum absolute atomic E-state index is 9.23. The molecule has 0 fully saturated rings. The third kappa shape index (κ3) is 3.09. The number of aromatic nitrogens is 1. The minimum absolute atomic E-state index is 0.00125. The van der Waals surface area contributed by atoms with Crippen LogP contribution >= 0.6 is 0 Å². The molecular weight excluding hydrogens is 176 g/mol. The predicted molar refractivity (Wildman–Crippen MR) is 57.0 cm³/mol. The van der Waals surface area contributed by atoms with Crippen molar-refractivity contribution < 1.29 is 5.11 Å². The van der Waals surface area contributed by atoms with E-state index in [-0.39, 0.29) is 12.6 Å². The predicted octanol–water partition coefficient (Wildman–Crippen LogP) is 1.50. The number of aliphatic hydroxyl groups is 1. The van der Waals surface area contributed by atoms with Gasteiger partial charge in [-0.2, -0.15) is 0 Å². The molecular formula is C11H18N2O. The monoisotopic (exact) mass is 194 g/mol. The fourth-order valence-electron chi connectivity index (χ4n) is 1.30. The zero-order chi connectivity index (χ0) is 10.4. The van der Waals surface area contributed by atoms with Crippen LogP contribution in [-0.4, -0.2) is 22.7 Å². The Morgan fingerprint density at radius 2 is 2.36 bits per heavy atom. The molecule has 14 heavy (non-hydrogen) atoms. The highest BCUT2D eigenvalue weighted by molar-refractivity contribution is 5.13. The Morgan fingerprint density at radius 3 is 2.86 bits per heavy atom. The molecule has 1 aromatic heterocycles. The molecule has 0 aromatic carbocycles. The highest BCUT2D eigenvalue weighted by atomic mass is 16.3. The minimum atomic E-state index is -0.00125. The third-order valence-electron chi connectivity index (χ3n) is 2.37. The quantitative estimate of drug-likeness (QED) is 0.746. The van der Waals surface area contributed by atoms with Crippen molar-refractivity contribution in [3.8, 4) is 0 Å². The van der Waals surface area contributed by atoms with E-state index < -0.39 is 0 Å². The van der Waals surface area contributed by atoms with Crippen LogP contribution in [0.3, 0.4) is 0 Å². The number of rotatable bonds is 5. The molecule has 0 aliphatic rings. The molecule has 1 heterocycles. The molecule has 78 valence electrons. The maximum atomic E-state index is 9.23. The average Bonchev–Trinajstić information content (AvgIpc) is 2.26. The van der Waals surface area contributed by atoms with Gasteiger partial charge in [-0.1, -0.05) is 13.0 Å². The Balaban J connectivity index is 2.63. The molecule has 2 N–H and O–H groups in total. The number of hydrogen-bond acceptors (Lipinski definition) is 3. The molecule has 3 heteroatoms. The Hall–Kier alpha value is -0.930. The first-order valence-corrected chi connectivity index (χ1v) is 5.04. The summed E-state index contributed by atoms with van der Waals surface area (Å²) in [7, 11) is 0. The molecule has 0 amide bonds. The van der Waals surface area contributed by atoms with Crippen molar-refractivity contribution in [2.24, 2.45) is 0 Å². The zero-order valence-electron chi connectivity index (χ0n) is 8.77. The molecule has 1 rings (SSSR count). The lowest BCUT2D eigenvalue weighted by atomic mass is 10.1. The second kappa shape index (κ2) is 5.73. The first kappa shape index (κ1) is 11.1. The fourth-order valence-corrected chi connectivity index (χ4v) is 1.30. The van der Waals surface area contributed by atoms with E-state index in [1.54, 1.807) is 12.4 Å². The number of pyridine rings is 1. The normalized spacial score (nSPS) is 15.1. The summed E-state index contributed by atoms with van der Waals surface area (Å²) in [6, 6.07) is 4.27. The minimum Gasteiger partial charge on any atom is -0.394 e. The van der Waals surface area contributed by atoms with Crippen molar-refractivity contribution in [2.75, 3.05) is 6.61 Å². The fraction of sp³-hybridized carbons (Fsp3) is 0.545. The molecule has 3 nitrogen and oxygen atoms in total. The van der Waals surface area contributed by atoms with Crippen LogP contribution in [0.4, 0.5) is 0 Å². The molecule has 0 radical (unpaired) electrons. The highest BCUT2D eigenvalue weighted by Crippen LogP contribution is 2.11. The van der Waals surface area contributed by atoms with Gasteiger partial charge in [0.15, 0.2) is 0 Å². The molecule has 2 unspecified atom stereocenters. The first-order chi connectivity index (χ1) is 6.77. The van der Waals surface area contributed by atoms with Crippen molar-refractivity contribution in [3.05, 3.63) is 30.1 Å². The van der Waals surface area contributed by atoms with Crippen molar-refractivity contribution in [2.45, 2.75) is 32.4 Å². The van der Waals surface area contributed by atoms with Crippen LogP contribution in [0.15, 0.2) is 24.5 Å². The second-order valence-electron chi connectivity index (χ2n) is 3.50. The smallest absolute Gasteiger partial charge is 0.0627 e. The third-order valence-corrected chi connectivity index (χ3v) is 2.37. The topological polar surface area (TPSA) is 45.1 Å². The lowest BCUT2D eigenvalue weighted by molar-refractivity contribution is 0.234. The molecule has 0 aliphatic heterocycles. The summed E-state index contributed by atoms with van der Waals surface area (Å²) >= 11 is 0. The number of aliphatic hydroxyl groups excluding tert-OH is 1. The largest absolute Gasteiger partial charge is 0.394 e. The lowest BCUT2D eigenvalue weighted by Gasteiger charge is -2.20. The second-order valence-corrected chi connectivity index (χ2v) is 3.50. The Labute approximate surface area is 85.2 Å². The van der Waals surface area contributed by atoms with E-state index in [4.69, 9.17) is 0 Å². The Bertz CT molecular complexity index is 251. The van der Waals surface area contributed by atoms with E-state index in [1.165, 1.54) is 0 Å². The number of hydrogen-bond donors (Lipinski definition) is 2. The van der Waals surface area contributed by atoms with Gasteiger partial charge in [0, 0.05) is 18.4 Å². The van der Waals surface area contributed by atoms with E-state index >= 15 is 0 Å². The van der Waals surface area contributed by atoms with Gasteiger partial charge in [-0.25, -0.2) is 0 Å². The molecule has 2 atom stereocenters. The van der Waals surface area contributed by atoms with Crippen molar-refractivity contribution >= 4 is 0 Å². The van der Waals surface area contributed by atoms with Crippen LogP contribution in [0.2, 0.25) is 0 Å². The summed E-state index contributed by atoms with van der Waals surface area (Å²) < 4.78 is 0. The van der Waals surface area contributed by atoms with Gasteiger partial charge < -0.3 is 10.4 Å². The summed E-state index contributed by atoms with van der Waals surface area (Å²) in [5.41, 5.74) is 1.04.